The van der Waals surface area contributed by atoms with Crippen LogP contribution in [0.25, 0.3) is 0 Å². The Hall–Kier alpha value is -1.53. The predicted molar refractivity (Wildman–Crippen MR) is 92.3 cm³/mol. The molecule has 2 aromatic carbocycles. The fourth-order valence-corrected chi connectivity index (χ4v) is 3.32. The van der Waals surface area contributed by atoms with Crippen LogP contribution in [0, 0.1) is 0 Å². The minimum absolute atomic E-state index is 0.0694. The number of para-hydroxylation sites is 1. The molecule has 0 aliphatic heterocycles. The zero-order valence-corrected chi connectivity index (χ0v) is 15.3. The minimum atomic E-state index is -0.273. The first-order valence-corrected chi connectivity index (χ1v) is 8.08. The van der Waals surface area contributed by atoms with E-state index in [4.69, 9.17) is 4.74 Å². The molecule has 0 saturated heterocycles. The molecule has 2 rings (SSSR count). The summed E-state index contributed by atoms with van der Waals surface area (Å²) in [6, 6.07) is 10.8. The van der Waals surface area contributed by atoms with Gasteiger partial charge in [-0.15, -0.1) is 0 Å². The maximum Gasteiger partial charge on any atom is 0.257 e. The highest BCUT2D eigenvalue weighted by atomic mass is 79.9. The van der Waals surface area contributed by atoms with Crippen molar-refractivity contribution in [2.75, 3.05) is 14.2 Å². The van der Waals surface area contributed by atoms with Gasteiger partial charge >= 0.3 is 0 Å². The number of phenolic OH excluding ortho intramolecular Hbond substituents is 1. The Morgan fingerprint density at radius 3 is 2.64 bits per heavy atom. The molecule has 0 atom stereocenters. The van der Waals surface area contributed by atoms with Crippen molar-refractivity contribution in [1.29, 1.82) is 0 Å². The van der Waals surface area contributed by atoms with Gasteiger partial charge in [0.15, 0.2) is 0 Å². The molecule has 0 aliphatic rings. The number of aromatic hydroxyl groups is 1. The Kier molecular flexibility index (Phi) is 5.47. The molecule has 0 heterocycles. The largest absolute Gasteiger partial charge is 0.506 e. The van der Waals surface area contributed by atoms with Crippen molar-refractivity contribution in [3.8, 4) is 11.5 Å². The van der Waals surface area contributed by atoms with Crippen LogP contribution in [0.15, 0.2) is 45.3 Å². The van der Waals surface area contributed by atoms with Crippen molar-refractivity contribution in [3.05, 3.63) is 56.5 Å². The molecule has 0 aromatic heterocycles. The van der Waals surface area contributed by atoms with Crippen LogP contribution in [0.5, 0.6) is 11.5 Å². The molecule has 2 aromatic rings. The van der Waals surface area contributed by atoms with Crippen LogP contribution in [0.1, 0.15) is 15.9 Å². The summed E-state index contributed by atoms with van der Waals surface area (Å²) < 4.78 is 6.47. The number of halogens is 2. The molecule has 116 valence electrons. The van der Waals surface area contributed by atoms with Crippen LogP contribution >= 0.6 is 31.9 Å². The third kappa shape index (κ3) is 3.62. The van der Waals surface area contributed by atoms with Crippen LogP contribution in [0.4, 0.5) is 0 Å². The second-order valence-corrected chi connectivity index (χ2v) is 6.53. The SMILES string of the molecule is COc1ccccc1CN(C)C(=O)c1cc(Br)cc(Br)c1O. The minimum Gasteiger partial charge on any atom is -0.506 e. The Labute approximate surface area is 146 Å². The first-order chi connectivity index (χ1) is 10.4. The molecular weight excluding hydrogens is 414 g/mol. The molecule has 22 heavy (non-hydrogen) atoms. The number of carbonyl (C=O) groups excluding carboxylic acids is 1. The predicted octanol–water partition coefficient (Wildman–Crippen LogP) is 4.20. The molecule has 0 bridgehead atoms. The quantitative estimate of drug-likeness (QED) is 0.793. The highest BCUT2D eigenvalue weighted by molar-refractivity contribution is 9.11. The van der Waals surface area contributed by atoms with Crippen molar-refractivity contribution in [1.82, 2.24) is 4.90 Å². The molecule has 0 aliphatic carbocycles. The fraction of sp³-hybridized carbons (Fsp3) is 0.188. The number of nitrogens with zero attached hydrogens (tertiary/aromatic N) is 1. The normalized spacial score (nSPS) is 10.4. The van der Waals surface area contributed by atoms with Crippen molar-refractivity contribution in [3.63, 3.8) is 0 Å². The number of phenols is 1. The van der Waals surface area contributed by atoms with Gasteiger partial charge in [0.25, 0.3) is 5.91 Å². The maximum atomic E-state index is 12.6. The molecular formula is C16H15Br2NO3. The van der Waals surface area contributed by atoms with E-state index in [1.54, 1.807) is 26.3 Å². The number of hydrogen-bond donors (Lipinski definition) is 1. The smallest absolute Gasteiger partial charge is 0.257 e. The number of benzene rings is 2. The lowest BCUT2D eigenvalue weighted by atomic mass is 10.1. The number of carbonyl (C=O) groups is 1. The molecule has 6 heteroatoms. The number of hydrogen-bond acceptors (Lipinski definition) is 3. The van der Waals surface area contributed by atoms with Crippen LogP contribution in [-0.2, 0) is 6.54 Å². The number of rotatable bonds is 4. The summed E-state index contributed by atoms with van der Waals surface area (Å²) >= 11 is 6.56. The van der Waals surface area contributed by atoms with E-state index in [2.05, 4.69) is 31.9 Å². The lowest BCUT2D eigenvalue weighted by Crippen LogP contribution is -2.26. The van der Waals surface area contributed by atoms with E-state index in [0.717, 1.165) is 11.3 Å². The van der Waals surface area contributed by atoms with Crippen molar-refractivity contribution < 1.29 is 14.6 Å². The van der Waals surface area contributed by atoms with E-state index in [1.807, 2.05) is 24.3 Å². The van der Waals surface area contributed by atoms with E-state index in [9.17, 15) is 9.90 Å². The van der Waals surface area contributed by atoms with E-state index in [-0.39, 0.29) is 17.2 Å². The van der Waals surface area contributed by atoms with Gasteiger partial charge in [0, 0.05) is 23.6 Å². The van der Waals surface area contributed by atoms with E-state index in [0.29, 0.717) is 15.5 Å². The average molecular weight is 429 g/mol. The average Bonchev–Trinajstić information content (AvgIpc) is 2.50. The van der Waals surface area contributed by atoms with Gasteiger partial charge in [-0.2, -0.15) is 0 Å². The summed E-state index contributed by atoms with van der Waals surface area (Å²) in [6.07, 6.45) is 0. The maximum absolute atomic E-state index is 12.6. The molecule has 0 spiro atoms. The number of amides is 1. The van der Waals surface area contributed by atoms with Crippen molar-refractivity contribution in [2.45, 2.75) is 6.54 Å². The summed E-state index contributed by atoms with van der Waals surface area (Å²) in [4.78, 5) is 14.1. The lowest BCUT2D eigenvalue weighted by molar-refractivity contribution is 0.0781. The van der Waals surface area contributed by atoms with Crippen LogP contribution in [-0.4, -0.2) is 30.1 Å². The molecule has 0 saturated carbocycles. The van der Waals surface area contributed by atoms with Gasteiger partial charge in [-0.05, 0) is 34.1 Å². The van der Waals surface area contributed by atoms with Crippen molar-refractivity contribution >= 4 is 37.8 Å². The fourth-order valence-electron chi connectivity index (χ4n) is 2.10. The van der Waals surface area contributed by atoms with Gasteiger partial charge in [0.05, 0.1) is 17.1 Å². The van der Waals surface area contributed by atoms with Crippen LogP contribution in [0.2, 0.25) is 0 Å². The molecule has 0 unspecified atom stereocenters. The summed E-state index contributed by atoms with van der Waals surface area (Å²) in [7, 11) is 3.28. The molecule has 1 N–H and O–H groups in total. The van der Waals surface area contributed by atoms with Crippen molar-refractivity contribution in [2.24, 2.45) is 0 Å². The Bertz CT molecular complexity index is 704. The number of ether oxygens (including phenoxy) is 1. The molecule has 4 nitrogen and oxygen atoms in total. The molecule has 0 radical (unpaired) electrons. The highest BCUT2D eigenvalue weighted by Gasteiger charge is 2.19. The topological polar surface area (TPSA) is 49.8 Å². The molecule has 0 fully saturated rings. The standard InChI is InChI=1S/C16H15Br2NO3/c1-19(9-10-5-3-4-6-14(10)22-2)16(21)12-7-11(17)8-13(18)15(12)20/h3-8,20H,9H2,1-2H3. The summed E-state index contributed by atoms with van der Waals surface area (Å²) in [5.41, 5.74) is 1.13. The van der Waals surface area contributed by atoms with E-state index >= 15 is 0 Å². The van der Waals surface area contributed by atoms with Crippen LogP contribution in [0.3, 0.4) is 0 Å². The second-order valence-electron chi connectivity index (χ2n) is 4.76. The summed E-state index contributed by atoms with van der Waals surface area (Å²) in [5.74, 6) is 0.382. The third-order valence-corrected chi connectivity index (χ3v) is 4.27. The zero-order chi connectivity index (χ0) is 16.3. The highest BCUT2D eigenvalue weighted by Crippen LogP contribution is 2.32. The van der Waals surface area contributed by atoms with E-state index in [1.165, 1.54) is 4.90 Å². The first-order valence-electron chi connectivity index (χ1n) is 6.49. The van der Waals surface area contributed by atoms with Gasteiger partial charge in [-0.3, -0.25) is 4.79 Å². The Morgan fingerprint density at radius 1 is 1.27 bits per heavy atom. The summed E-state index contributed by atoms with van der Waals surface area (Å²) in [5, 5.41) is 10.1. The summed E-state index contributed by atoms with van der Waals surface area (Å²) in [6.45, 7) is 0.381. The first kappa shape index (κ1) is 16.8. The lowest BCUT2D eigenvalue weighted by Gasteiger charge is -2.20. The van der Waals surface area contributed by atoms with Gasteiger partial charge < -0.3 is 14.7 Å². The monoisotopic (exact) mass is 427 g/mol. The van der Waals surface area contributed by atoms with E-state index < -0.39 is 0 Å². The zero-order valence-electron chi connectivity index (χ0n) is 12.1. The Morgan fingerprint density at radius 2 is 1.95 bits per heavy atom. The molecule has 1 amide bonds. The van der Waals surface area contributed by atoms with Crippen LogP contribution < -0.4 is 4.74 Å². The van der Waals surface area contributed by atoms with Gasteiger partial charge in [-0.1, -0.05) is 34.1 Å². The third-order valence-electron chi connectivity index (χ3n) is 3.21. The van der Waals surface area contributed by atoms with Gasteiger partial charge in [0.1, 0.15) is 11.5 Å². The Balaban J connectivity index is 2.26. The van der Waals surface area contributed by atoms with Gasteiger partial charge in [0.2, 0.25) is 0 Å². The van der Waals surface area contributed by atoms with Gasteiger partial charge in [-0.25, -0.2) is 0 Å². The number of methoxy groups -OCH3 is 1. The second kappa shape index (κ2) is 7.15.